The van der Waals surface area contributed by atoms with Gasteiger partial charge in [0.05, 0.1) is 18.5 Å². The van der Waals surface area contributed by atoms with E-state index in [0.29, 0.717) is 65.9 Å². The number of phenols is 1. The molecule has 5 aromatic rings. The largest absolute Gasteiger partial charge is 0.507 e. The minimum Gasteiger partial charge on any atom is -0.507 e. The number of carbonyl (C=O) groups excluding carboxylic acids is 6. The first-order valence-corrected chi connectivity index (χ1v) is 24.0. The van der Waals surface area contributed by atoms with Gasteiger partial charge in [-0.05, 0) is 64.8 Å². The average molecular weight is 983 g/mol. The number of fused-ring (bicyclic) bond motifs is 6. The Hall–Kier alpha value is -6.78. The van der Waals surface area contributed by atoms with Crippen LogP contribution in [0, 0.1) is 5.92 Å². The number of methoxy groups -OCH3 is 1. The monoisotopic (exact) mass is 981 g/mol. The van der Waals surface area contributed by atoms with Crippen LogP contribution in [0.4, 0.5) is 26.7 Å². The zero-order valence-electron chi connectivity index (χ0n) is 38.7. The molecule has 18 heteroatoms. The van der Waals surface area contributed by atoms with E-state index in [2.05, 4.69) is 26.0 Å². The number of aromatic hydroxyl groups is 1. The Morgan fingerprint density at radius 1 is 0.754 bits per heavy atom. The zero-order valence-corrected chi connectivity index (χ0v) is 40.2. The van der Waals surface area contributed by atoms with Crippen LogP contribution in [-0.2, 0) is 30.5 Å². The van der Waals surface area contributed by atoms with E-state index in [-0.39, 0.29) is 67.7 Å². The number of halogens is 2. The maximum atomic E-state index is 14.1. The van der Waals surface area contributed by atoms with E-state index in [1.165, 1.54) is 7.11 Å². The third-order valence-corrected chi connectivity index (χ3v) is 13.4. The number of nitrogens with zero attached hydrogens (tertiary/aromatic N) is 2. The predicted octanol–water partition coefficient (Wildman–Crippen LogP) is 7.74. The molecule has 0 saturated carbocycles. The highest BCUT2D eigenvalue weighted by Crippen LogP contribution is 2.47. The van der Waals surface area contributed by atoms with Crippen molar-refractivity contribution in [2.75, 3.05) is 53.6 Å². The van der Waals surface area contributed by atoms with E-state index in [9.17, 15) is 33.9 Å². The maximum Gasteiger partial charge on any atom is 0.407 e. The lowest BCUT2D eigenvalue weighted by Crippen LogP contribution is -2.54. The van der Waals surface area contributed by atoms with Crippen LogP contribution in [0.25, 0.3) is 21.5 Å². The number of amides is 7. The molecule has 0 aromatic heterocycles. The smallest absolute Gasteiger partial charge is 0.407 e. The highest BCUT2D eigenvalue weighted by atomic mass is 35.5. The number of nitrogens with two attached hydrogens (primary N) is 1. The van der Waals surface area contributed by atoms with E-state index in [1.807, 2.05) is 54.6 Å². The van der Waals surface area contributed by atoms with Crippen molar-refractivity contribution in [3.63, 3.8) is 0 Å². The van der Waals surface area contributed by atoms with Gasteiger partial charge in [-0.2, -0.15) is 0 Å². The van der Waals surface area contributed by atoms with E-state index in [4.69, 9.17) is 33.7 Å². The molecule has 4 atom stereocenters. The Balaban J connectivity index is 1.01. The van der Waals surface area contributed by atoms with Crippen molar-refractivity contribution in [2.45, 2.75) is 76.5 Å². The molecule has 16 nitrogen and oxygen atoms in total. The van der Waals surface area contributed by atoms with Crippen LogP contribution in [0.1, 0.15) is 74.5 Å². The Labute approximate surface area is 410 Å². The van der Waals surface area contributed by atoms with E-state index >= 15 is 0 Å². The molecule has 2 heterocycles. The fourth-order valence-corrected chi connectivity index (χ4v) is 9.69. The van der Waals surface area contributed by atoms with Crippen LogP contribution in [0.2, 0.25) is 0 Å². The molecule has 0 saturated heterocycles. The van der Waals surface area contributed by atoms with Crippen molar-refractivity contribution in [2.24, 2.45) is 11.7 Å². The maximum absolute atomic E-state index is 14.1. The minimum absolute atomic E-state index is 0.0923. The van der Waals surface area contributed by atoms with Crippen molar-refractivity contribution in [1.29, 1.82) is 0 Å². The van der Waals surface area contributed by atoms with E-state index in [0.717, 1.165) is 32.8 Å². The fraction of sp³-hybridized carbons (Fsp3) is 0.373. The summed E-state index contributed by atoms with van der Waals surface area (Å²) in [5.41, 5.74) is 9.69. The lowest BCUT2D eigenvalue weighted by molar-refractivity contribution is -0.128. The summed E-state index contributed by atoms with van der Waals surface area (Å²) in [6.45, 7) is 4.60. The summed E-state index contributed by atoms with van der Waals surface area (Å²) >= 11 is 13.0. The van der Waals surface area contributed by atoms with Gasteiger partial charge < -0.3 is 51.4 Å². The van der Waals surface area contributed by atoms with Crippen molar-refractivity contribution in [1.82, 2.24) is 16.0 Å². The number of carbonyl (C=O) groups is 6. The van der Waals surface area contributed by atoms with E-state index in [1.54, 1.807) is 54.0 Å². The molecule has 364 valence electrons. The third kappa shape index (κ3) is 11.4. The van der Waals surface area contributed by atoms with Crippen molar-refractivity contribution < 1.29 is 43.3 Å². The fourth-order valence-electron chi connectivity index (χ4n) is 9.19. The summed E-state index contributed by atoms with van der Waals surface area (Å²) in [6, 6.07) is 23.2. The van der Waals surface area contributed by atoms with Gasteiger partial charge in [-0.15, -0.1) is 23.2 Å². The molecule has 7 amide bonds. The number of primary amides is 1. The van der Waals surface area contributed by atoms with Crippen molar-refractivity contribution >= 4 is 97.6 Å². The number of alkyl carbamates (subject to hydrolysis) is 1. The Morgan fingerprint density at radius 3 is 1.88 bits per heavy atom. The average Bonchev–Trinajstić information content (AvgIpc) is 3.92. The molecular formula is C51H57Cl2N7O9. The number of alkyl halides is 2. The molecule has 0 bridgehead atoms. The number of anilines is 3. The number of urea groups is 1. The summed E-state index contributed by atoms with van der Waals surface area (Å²) in [7, 11) is 1.19. The molecule has 5 aromatic carbocycles. The normalized spacial score (nSPS) is 15.9. The quantitative estimate of drug-likeness (QED) is 0.0351. The second-order valence-corrected chi connectivity index (χ2v) is 18.2. The number of rotatable bonds is 19. The first-order chi connectivity index (χ1) is 33.2. The lowest BCUT2D eigenvalue weighted by atomic mass is 9.95. The van der Waals surface area contributed by atoms with Gasteiger partial charge in [0.2, 0.25) is 23.6 Å². The Bertz CT molecular complexity index is 2740. The van der Waals surface area contributed by atoms with Gasteiger partial charge in [0, 0.05) is 84.7 Å². The number of benzene rings is 5. The summed E-state index contributed by atoms with van der Waals surface area (Å²) in [6.07, 6.45) is 0.258. The van der Waals surface area contributed by atoms with Gasteiger partial charge in [-0.3, -0.25) is 19.2 Å². The first kappa shape index (κ1) is 50.1. The summed E-state index contributed by atoms with van der Waals surface area (Å²) in [5.74, 6) is -0.637. The predicted molar refractivity (Wildman–Crippen MR) is 267 cm³/mol. The lowest BCUT2D eigenvalue weighted by Gasteiger charge is -2.25. The molecule has 7 N–H and O–H groups in total. The number of nitrogens with one attached hydrogen (secondary N) is 4. The second kappa shape index (κ2) is 22.6. The molecule has 0 radical (unpaired) electrons. The third-order valence-electron chi connectivity index (χ3n) is 12.7. The highest BCUT2D eigenvalue weighted by molar-refractivity contribution is 6.19. The molecule has 2 aliphatic rings. The molecule has 0 spiro atoms. The van der Waals surface area contributed by atoms with Crippen LogP contribution in [-0.4, -0.2) is 91.4 Å². The van der Waals surface area contributed by atoms with Gasteiger partial charge in [0.15, 0.2) is 0 Å². The zero-order chi connectivity index (χ0) is 49.4. The summed E-state index contributed by atoms with van der Waals surface area (Å²) < 4.78 is 11.1. The molecule has 7 rings (SSSR count). The molecular weight excluding hydrogens is 926 g/mol. The molecule has 0 unspecified atom stereocenters. The topological polar surface area (TPSA) is 222 Å². The second-order valence-electron chi connectivity index (χ2n) is 17.6. The van der Waals surface area contributed by atoms with Gasteiger partial charge in [0.25, 0.3) is 0 Å². The number of hydrogen-bond acceptors (Lipinski definition) is 9. The summed E-state index contributed by atoms with van der Waals surface area (Å²) in [4.78, 5) is 81.3. The summed E-state index contributed by atoms with van der Waals surface area (Å²) in [5, 5.41) is 24.7. The first-order valence-electron chi connectivity index (χ1n) is 23.0. The van der Waals surface area contributed by atoms with Crippen molar-refractivity contribution in [3.8, 4) is 11.5 Å². The molecule has 69 heavy (non-hydrogen) atoms. The number of ether oxygens (including phenoxy) is 2. The van der Waals surface area contributed by atoms with Crippen LogP contribution < -0.4 is 41.5 Å². The molecule has 2 aliphatic heterocycles. The van der Waals surface area contributed by atoms with Crippen LogP contribution >= 0.6 is 23.2 Å². The van der Waals surface area contributed by atoms with Crippen LogP contribution in [0.5, 0.6) is 11.5 Å². The standard InChI is InChI=1S/C51H57Cl2N7O9/c1-29(2)47(58-51(67)68-3)49(65)57-38(14-9-21-55-50(54)66)48(64)56-33-19-17-30(18-20-33)28-69-42-23-40-46(37-13-7-5-11-35(37)42)32(25-53)27-60(40)44(63)16-8-15-43(62)59-26-31(24-52)45-36-12-6-4-10-34(36)41(61)22-39(45)59/h4-7,10-13,17-20,22-23,29,31-32,38,47,61H,8-9,14-16,21,24-28H2,1-3H3,(H,56,64)(H,57,65)(H,58,67)(H3,54,55,66)/t31-,32-,38+,47+/m1/s1. The molecule has 0 aliphatic carbocycles. The van der Waals surface area contributed by atoms with Gasteiger partial charge >= 0.3 is 12.1 Å². The number of hydrogen-bond donors (Lipinski definition) is 6. The highest BCUT2D eigenvalue weighted by Gasteiger charge is 2.37. The van der Waals surface area contributed by atoms with Crippen LogP contribution in [0.3, 0.4) is 0 Å². The van der Waals surface area contributed by atoms with Crippen LogP contribution in [0.15, 0.2) is 84.9 Å². The minimum atomic E-state index is -1.02. The SMILES string of the molecule is COC(=O)N[C@H](C(=O)N[C@@H](CCCNC(N)=O)C(=O)Nc1ccc(COc2cc3c(c4ccccc24)[C@H](CCl)CN3C(=O)CCCC(=O)N2C[C@@H](CCl)c3c2cc(O)c2ccccc32)cc1)C(C)C. The van der Waals surface area contributed by atoms with Gasteiger partial charge in [0.1, 0.15) is 30.2 Å². The van der Waals surface area contributed by atoms with Gasteiger partial charge in [-0.25, -0.2) is 9.59 Å². The van der Waals surface area contributed by atoms with Crippen molar-refractivity contribution in [3.05, 3.63) is 102 Å². The Kier molecular flexibility index (Phi) is 16.4. The Morgan fingerprint density at radius 2 is 1.32 bits per heavy atom. The molecule has 0 fully saturated rings. The van der Waals surface area contributed by atoms with Gasteiger partial charge in [-0.1, -0.05) is 74.5 Å². The van der Waals surface area contributed by atoms with E-state index < -0.39 is 36.0 Å². The number of phenolic OH excluding ortho intramolecular Hbond substituents is 1.